The summed E-state index contributed by atoms with van der Waals surface area (Å²) in [5, 5.41) is 0. The van der Waals surface area contributed by atoms with E-state index < -0.39 is 5.60 Å². The van der Waals surface area contributed by atoms with E-state index in [1.54, 1.807) is 0 Å². The predicted molar refractivity (Wildman–Crippen MR) is 111 cm³/mol. The summed E-state index contributed by atoms with van der Waals surface area (Å²) in [6.07, 6.45) is 2.44. The van der Waals surface area contributed by atoms with Crippen LogP contribution in [0.3, 0.4) is 0 Å². The molecular formula is C23H36N2O3. The van der Waals surface area contributed by atoms with Crippen LogP contribution in [-0.4, -0.2) is 67.7 Å². The molecule has 2 fully saturated rings. The molecule has 0 amide bonds. The van der Waals surface area contributed by atoms with Gasteiger partial charge in [0.2, 0.25) is 0 Å². The van der Waals surface area contributed by atoms with Crippen LogP contribution >= 0.6 is 0 Å². The number of nitrogens with zero attached hydrogens (tertiary/aromatic N) is 2. The maximum Gasteiger partial charge on any atom is 0.306 e. The molecule has 156 valence electrons. The van der Waals surface area contributed by atoms with E-state index in [1.807, 2.05) is 25.1 Å². The quantitative estimate of drug-likeness (QED) is 0.671. The van der Waals surface area contributed by atoms with Gasteiger partial charge in [0, 0.05) is 44.4 Å². The summed E-state index contributed by atoms with van der Waals surface area (Å²) in [4.78, 5) is 17.4. The molecule has 3 rings (SSSR count). The molecule has 1 aromatic rings. The minimum atomic E-state index is -0.519. The number of carbonyl (C=O) groups excluding carboxylic acids is 1. The number of piperidine rings is 1. The van der Waals surface area contributed by atoms with Crippen LogP contribution < -0.4 is 0 Å². The lowest BCUT2D eigenvalue weighted by Gasteiger charge is -2.49. The van der Waals surface area contributed by atoms with Gasteiger partial charge in [0.25, 0.3) is 0 Å². The lowest BCUT2D eigenvalue weighted by Crippen LogP contribution is -2.55. The largest absolute Gasteiger partial charge is 0.454 e. The van der Waals surface area contributed by atoms with Crippen LogP contribution in [0.4, 0.5) is 0 Å². The average Bonchev–Trinajstić information content (AvgIpc) is 2.72. The van der Waals surface area contributed by atoms with E-state index in [9.17, 15) is 4.79 Å². The van der Waals surface area contributed by atoms with Gasteiger partial charge in [-0.2, -0.15) is 0 Å². The van der Waals surface area contributed by atoms with Crippen molar-refractivity contribution in [3.63, 3.8) is 0 Å². The Labute approximate surface area is 170 Å². The van der Waals surface area contributed by atoms with Gasteiger partial charge < -0.3 is 14.4 Å². The Bertz CT molecular complexity index is 618. The first kappa shape index (κ1) is 21.3. The molecule has 0 radical (unpaired) electrons. The molecular weight excluding hydrogens is 352 g/mol. The van der Waals surface area contributed by atoms with Gasteiger partial charge >= 0.3 is 5.97 Å². The first-order chi connectivity index (χ1) is 13.5. The molecule has 0 aliphatic carbocycles. The van der Waals surface area contributed by atoms with Crippen molar-refractivity contribution in [3.8, 4) is 0 Å². The van der Waals surface area contributed by atoms with E-state index in [-0.39, 0.29) is 11.9 Å². The summed E-state index contributed by atoms with van der Waals surface area (Å²) in [5.74, 6) is 0.147. The van der Waals surface area contributed by atoms with Crippen molar-refractivity contribution in [1.82, 2.24) is 9.80 Å². The van der Waals surface area contributed by atoms with Gasteiger partial charge in [0.05, 0.1) is 13.2 Å². The molecule has 0 bridgehead atoms. The van der Waals surface area contributed by atoms with Crippen LogP contribution in [0, 0.1) is 5.92 Å². The second-order valence-electron chi connectivity index (χ2n) is 8.34. The SMILES string of the molecule is CCC(=O)OC1(c2ccccc2)CC(C)N(CCCN2CCOCC2)CC1C. The number of hydrogen-bond donors (Lipinski definition) is 0. The Balaban J connectivity index is 1.65. The van der Waals surface area contributed by atoms with Gasteiger partial charge in [0.15, 0.2) is 0 Å². The Hall–Kier alpha value is -1.43. The second-order valence-corrected chi connectivity index (χ2v) is 8.34. The van der Waals surface area contributed by atoms with Crippen LogP contribution in [0.1, 0.15) is 45.6 Å². The smallest absolute Gasteiger partial charge is 0.306 e. The van der Waals surface area contributed by atoms with E-state index in [1.165, 1.54) is 6.42 Å². The summed E-state index contributed by atoms with van der Waals surface area (Å²) < 4.78 is 11.6. The molecule has 2 aliphatic heterocycles. The maximum absolute atomic E-state index is 12.3. The lowest BCUT2D eigenvalue weighted by molar-refractivity contribution is -0.178. The van der Waals surface area contributed by atoms with E-state index in [4.69, 9.17) is 9.47 Å². The molecule has 28 heavy (non-hydrogen) atoms. The molecule has 0 saturated carbocycles. The van der Waals surface area contributed by atoms with Gasteiger partial charge in [-0.15, -0.1) is 0 Å². The van der Waals surface area contributed by atoms with Crippen molar-refractivity contribution >= 4 is 5.97 Å². The third-order valence-corrected chi connectivity index (χ3v) is 6.40. The van der Waals surface area contributed by atoms with Gasteiger partial charge in [-0.25, -0.2) is 0 Å². The minimum Gasteiger partial charge on any atom is -0.454 e. The molecule has 2 saturated heterocycles. The highest BCUT2D eigenvalue weighted by atomic mass is 16.6. The third-order valence-electron chi connectivity index (χ3n) is 6.40. The number of rotatable bonds is 7. The topological polar surface area (TPSA) is 42.0 Å². The van der Waals surface area contributed by atoms with Crippen LogP contribution in [0.2, 0.25) is 0 Å². The van der Waals surface area contributed by atoms with Crippen LogP contribution in [0.5, 0.6) is 0 Å². The van der Waals surface area contributed by atoms with Gasteiger partial charge in [-0.3, -0.25) is 9.69 Å². The highest BCUT2D eigenvalue weighted by Gasteiger charge is 2.47. The first-order valence-electron chi connectivity index (χ1n) is 10.9. The molecule has 0 spiro atoms. The summed E-state index contributed by atoms with van der Waals surface area (Å²) in [5.41, 5.74) is 0.609. The lowest BCUT2D eigenvalue weighted by atomic mass is 9.74. The monoisotopic (exact) mass is 388 g/mol. The molecule has 0 N–H and O–H groups in total. The van der Waals surface area contributed by atoms with Crippen molar-refractivity contribution in [2.24, 2.45) is 5.92 Å². The zero-order valence-corrected chi connectivity index (χ0v) is 17.7. The first-order valence-corrected chi connectivity index (χ1v) is 10.9. The molecule has 1 aromatic carbocycles. The fourth-order valence-corrected chi connectivity index (χ4v) is 4.68. The number of esters is 1. The van der Waals surface area contributed by atoms with Crippen LogP contribution in [0.25, 0.3) is 0 Å². The van der Waals surface area contributed by atoms with E-state index in [0.29, 0.717) is 12.5 Å². The number of morpholine rings is 1. The summed E-state index contributed by atoms with van der Waals surface area (Å²) in [7, 11) is 0. The molecule has 5 nitrogen and oxygen atoms in total. The van der Waals surface area contributed by atoms with Gasteiger partial charge in [-0.05, 0) is 32.0 Å². The van der Waals surface area contributed by atoms with Crippen molar-refractivity contribution in [2.75, 3.05) is 45.9 Å². The predicted octanol–water partition coefficient (Wildman–Crippen LogP) is 3.29. The van der Waals surface area contributed by atoms with Crippen molar-refractivity contribution < 1.29 is 14.3 Å². The Kier molecular flexibility index (Phi) is 7.49. The fourth-order valence-electron chi connectivity index (χ4n) is 4.68. The summed E-state index contributed by atoms with van der Waals surface area (Å²) >= 11 is 0. The van der Waals surface area contributed by atoms with Crippen molar-refractivity contribution in [2.45, 2.75) is 51.7 Å². The van der Waals surface area contributed by atoms with Crippen LogP contribution in [-0.2, 0) is 19.9 Å². The highest BCUT2D eigenvalue weighted by Crippen LogP contribution is 2.43. The standard InChI is InChI=1S/C23H36N2O3/c1-4-22(26)28-23(21-9-6-5-7-10-21)17-20(3)25(18-19(23)2)12-8-11-24-13-15-27-16-14-24/h5-7,9-10,19-20H,4,8,11-18H2,1-3H3. The molecule has 0 aromatic heterocycles. The Morgan fingerprint density at radius 1 is 1.18 bits per heavy atom. The zero-order valence-electron chi connectivity index (χ0n) is 17.7. The minimum absolute atomic E-state index is 0.108. The van der Waals surface area contributed by atoms with Gasteiger partial charge in [-0.1, -0.05) is 44.2 Å². The van der Waals surface area contributed by atoms with E-state index in [0.717, 1.165) is 57.9 Å². The number of carbonyl (C=O) groups is 1. The van der Waals surface area contributed by atoms with E-state index >= 15 is 0 Å². The fraction of sp³-hybridized carbons (Fsp3) is 0.696. The number of benzene rings is 1. The zero-order chi connectivity index (χ0) is 20.0. The van der Waals surface area contributed by atoms with Gasteiger partial charge in [0.1, 0.15) is 5.60 Å². The van der Waals surface area contributed by atoms with Crippen LogP contribution in [0.15, 0.2) is 30.3 Å². The Morgan fingerprint density at radius 3 is 2.57 bits per heavy atom. The molecule has 5 heteroatoms. The molecule has 2 aliphatic rings. The van der Waals surface area contributed by atoms with Crippen molar-refractivity contribution in [3.05, 3.63) is 35.9 Å². The maximum atomic E-state index is 12.3. The normalized spacial score (nSPS) is 29.5. The molecule has 3 unspecified atom stereocenters. The summed E-state index contributed by atoms with van der Waals surface area (Å²) in [6, 6.07) is 10.7. The summed E-state index contributed by atoms with van der Waals surface area (Å²) in [6.45, 7) is 13.4. The average molecular weight is 389 g/mol. The van der Waals surface area contributed by atoms with Crippen molar-refractivity contribution in [1.29, 1.82) is 0 Å². The molecule has 3 atom stereocenters. The molecule has 2 heterocycles. The highest BCUT2D eigenvalue weighted by molar-refractivity contribution is 5.69. The third kappa shape index (κ3) is 4.94. The number of ether oxygens (including phenoxy) is 2. The Morgan fingerprint density at radius 2 is 1.89 bits per heavy atom. The number of likely N-dealkylation sites (tertiary alicyclic amines) is 1. The number of hydrogen-bond acceptors (Lipinski definition) is 5. The van der Waals surface area contributed by atoms with E-state index in [2.05, 4.69) is 35.8 Å². The second kappa shape index (κ2) is 9.86.